The molecule has 0 fully saturated rings. The topological polar surface area (TPSA) is 30.7 Å². The molecule has 0 aliphatic rings. The number of halogens is 1. The van der Waals surface area contributed by atoms with Crippen molar-refractivity contribution < 1.29 is 32.7 Å². The second-order valence-electron chi connectivity index (χ2n) is 3.65. The monoisotopic (exact) mass is 358 g/mol. The minimum atomic E-state index is 0. The zero-order valence-electron chi connectivity index (χ0n) is 10.8. The van der Waals surface area contributed by atoms with Crippen LogP contribution in [0.15, 0.2) is 60.9 Å². The Morgan fingerprint density at radius 2 is 1.75 bits per heavy atom. The van der Waals surface area contributed by atoms with Crippen LogP contribution in [0.3, 0.4) is 0 Å². The molecule has 0 N–H and O–H groups in total. The van der Waals surface area contributed by atoms with Crippen LogP contribution in [0.25, 0.3) is 5.69 Å². The summed E-state index contributed by atoms with van der Waals surface area (Å²) < 4.78 is 1.74. The Kier molecular flexibility index (Phi) is 7.52. The predicted molar refractivity (Wildman–Crippen MR) is 76.1 cm³/mol. The van der Waals surface area contributed by atoms with Crippen molar-refractivity contribution in [2.75, 3.05) is 0 Å². The van der Waals surface area contributed by atoms with Gasteiger partial charge in [0, 0.05) is 32.7 Å². The molecule has 0 unspecified atom stereocenters. The van der Waals surface area contributed by atoms with Gasteiger partial charge in [0.25, 0.3) is 0 Å². The first-order valence-corrected chi connectivity index (χ1v) is 6.05. The van der Waals surface area contributed by atoms with E-state index in [1.807, 2.05) is 54.6 Å². The van der Waals surface area contributed by atoms with Gasteiger partial charge in [0.1, 0.15) is 6.33 Å². The predicted octanol–water partition coefficient (Wildman–Crippen LogP) is 3.59. The standard InChI is InChI=1S/C9H7ClN3.C6H5.Y/c1-7-12-11-6-13(7)9-5-3-2-4-8(9)10;1-2-4-6-5-3-1;/h2-6H,1H2;1-5H;/q2*-1;. The van der Waals surface area contributed by atoms with Gasteiger partial charge in [-0.1, -0.05) is 23.7 Å². The van der Waals surface area contributed by atoms with Crippen LogP contribution in [-0.4, -0.2) is 14.8 Å². The fraction of sp³-hybridized carbons (Fsp3) is 0. The molecule has 1 heterocycles. The third-order valence-electron chi connectivity index (χ3n) is 2.34. The quantitative estimate of drug-likeness (QED) is 0.622. The summed E-state index contributed by atoms with van der Waals surface area (Å²) in [6.45, 7) is 3.73. The Morgan fingerprint density at radius 3 is 2.20 bits per heavy atom. The molecule has 1 radical (unpaired) electrons. The smallest absolute Gasteiger partial charge is 0.121 e. The molecule has 0 aliphatic heterocycles. The molecule has 99 valence electrons. The Bertz CT molecular complexity index is 599. The summed E-state index contributed by atoms with van der Waals surface area (Å²) in [6, 6.07) is 20.0. The average molecular weight is 359 g/mol. The molecule has 20 heavy (non-hydrogen) atoms. The molecular weight excluding hydrogens is 347 g/mol. The average Bonchev–Trinajstić information content (AvgIpc) is 2.88. The summed E-state index contributed by atoms with van der Waals surface area (Å²) in [6.07, 6.45) is 1.59. The normalized spacial score (nSPS) is 9.05. The van der Waals surface area contributed by atoms with E-state index in [2.05, 4.69) is 23.2 Å². The van der Waals surface area contributed by atoms with Gasteiger partial charge in [0.05, 0.1) is 10.7 Å². The molecule has 0 aliphatic carbocycles. The fourth-order valence-corrected chi connectivity index (χ4v) is 1.68. The van der Waals surface area contributed by atoms with Crippen molar-refractivity contribution in [3.8, 4) is 5.69 Å². The van der Waals surface area contributed by atoms with Gasteiger partial charge < -0.3 is 11.5 Å². The largest absolute Gasteiger partial charge is 0.338 e. The van der Waals surface area contributed by atoms with Crippen molar-refractivity contribution >= 4 is 11.6 Å². The van der Waals surface area contributed by atoms with Gasteiger partial charge in [0.15, 0.2) is 0 Å². The summed E-state index contributed by atoms with van der Waals surface area (Å²) in [4.78, 5) is 0. The van der Waals surface area contributed by atoms with E-state index < -0.39 is 0 Å². The molecule has 0 saturated carbocycles. The zero-order chi connectivity index (χ0) is 13.5. The van der Waals surface area contributed by atoms with Crippen molar-refractivity contribution in [3.05, 3.63) is 84.8 Å². The molecule has 0 atom stereocenters. The van der Waals surface area contributed by atoms with E-state index in [0.717, 1.165) is 5.69 Å². The minimum Gasteiger partial charge on any atom is -0.338 e. The minimum absolute atomic E-state index is 0. The van der Waals surface area contributed by atoms with E-state index in [9.17, 15) is 0 Å². The number of hydrogen-bond acceptors (Lipinski definition) is 2. The van der Waals surface area contributed by atoms with E-state index in [1.165, 1.54) is 0 Å². The summed E-state index contributed by atoms with van der Waals surface area (Å²) >= 11 is 5.98. The fourth-order valence-electron chi connectivity index (χ4n) is 1.45. The maximum atomic E-state index is 5.98. The molecule has 0 amide bonds. The van der Waals surface area contributed by atoms with Gasteiger partial charge in [-0.05, 0) is 18.0 Å². The van der Waals surface area contributed by atoms with Crippen molar-refractivity contribution in [1.82, 2.24) is 14.8 Å². The van der Waals surface area contributed by atoms with E-state index in [-0.39, 0.29) is 32.7 Å². The molecule has 5 heteroatoms. The van der Waals surface area contributed by atoms with Crippen LogP contribution >= 0.6 is 11.6 Å². The summed E-state index contributed by atoms with van der Waals surface area (Å²) in [5.41, 5.74) is 0.846. The zero-order valence-corrected chi connectivity index (χ0v) is 14.4. The maximum absolute atomic E-state index is 5.98. The number of rotatable bonds is 1. The second-order valence-corrected chi connectivity index (χ2v) is 4.05. The second kappa shape index (κ2) is 8.90. The van der Waals surface area contributed by atoms with Gasteiger partial charge in [-0.3, -0.25) is 0 Å². The van der Waals surface area contributed by atoms with Crippen molar-refractivity contribution in [1.29, 1.82) is 0 Å². The van der Waals surface area contributed by atoms with Gasteiger partial charge in [-0.15, -0.1) is 5.10 Å². The molecule has 3 aromatic rings. The van der Waals surface area contributed by atoms with Crippen LogP contribution in [0.2, 0.25) is 5.02 Å². The van der Waals surface area contributed by atoms with Gasteiger partial charge in [-0.25, -0.2) is 0 Å². The van der Waals surface area contributed by atoms with Crippen LogP contribution in [0, 0.1) is 13.0 Å². The van der Waals surface area contributed by atoms with Crippen LogP contribution in [0.4, 0.5) is 0 Å². The first-order chi connectivity index (χ1) is 9.29. The van der Waals surface area contributed by atoms with Crippen molar-refractivity contribution in [2.24, 2.45) is 0 Å². The number of benzene rings is 2. The molecule has 3 nitrogen and oxygen atoms in total. The number of aromatic nitrogens is 3. The van der Waals surface area contributed by atoms with E-state index >= 15 is 0 Å². The summed E-state index contributed by atoms with van der Waals surface area (Å²) in [5, 5.41) is 8.17. The number of nitrogens with zero attached hydrogens (tertiary/aromatic N) is 3. The molecule has 0 saturated heterocycles. The van der Waals surface area contributed by atoms with Crippen LogP contribution in [0.1, 0.15) is 5.82 Å². The van der Waals surface area contributed by atoms with Gasteiger partial charge in [-0.2, -0.15) is 41.5 Å². The Hall–Kier alpha value is -1.16. The SMILES string of the molecule is [CH2-]c1nncn1-c1ccccc1Cl.[Y].[c-]1ccccc1. The Labute approximate surface area is 148 Å². The van der Waals surface area contributed by atoms with Crippen molar-refractivity contribution in [2.45, 2.75) is 0 Å². The van der Waals surface area contributed by atoms with Crippen LogP contribution in [0.5, 0.6) is 0 Å². The van der Waals surface area contributed by atoms with Crippen LogP contribution < -0.4 is 0 Å². The third-order valence-corrected chi connectivity index (χ3v) is 2.66. The number of hydrogen-bond donors (Lipinski definition) is 0. The first kappa shape index (κ1) is 16.9. The molecule has 1 aromatic heterocycles. The Morgan fingerprint density at radius 1 is 1.05 bits per heavy atom. The van der Waals surface area contributed by atoms with E-state index in [4.69, 9.17) is 11.6 Å². The molecule has 0 bridgehead atoms. The number of para-hydroxylation sites is 1. The van der Waals surface area contributed by atoms with E-state index in [1.54, 1.807) is 10.9 Å². The first-order valence-electron chi connectivity index (χ1n) is 5.67. The maximum Gasteiger partial charge on any atom is 0.121 e. The van der Waals surface area contributed by atoms with Crippen molar-refractivity contribution in [3.63, 3.8) is 0 Å². The van der Waals surface area contributed by atoms with Crippen LogP contribution in [-0.2, 0) is 32.7 Å². The Balaban J connectivity index is 0.000000243. The molecular formula is C15H12ClN3Y-2. The van der Waals surface area contributed by atoms with E-state index in [0.29, 0.717) is 10.8 Å². The van der Waals surface area contributed by atoms with Gasteiger partial charge >= 0.3 is 0 Å². The third kappa shape index (κ3) is 4.75. The molecule has 2 aromatic carbocycles. The molecule has 0 spiro atoms. The summed E-state index contributed by atoms with van der Waals surface area (Å²) in [7, 11) is 0. The van der Waals surface area contributed by atoms with Gasteiger partial charge in [0.2, 0.25) is 0 Å². The molecule has 3 rings (SSSR count). The summed E-state index contributed by atoms with van der Waals surface area (Å²) in [5.74, 6) is 0.577.